The molecule has 0 spiro atoms. The molecule has 0 aromatic carbocycles. The molecule has 1 aliphatic rings. The summed E-state index contributed by atoms with van der Waals surface area (Å²) in [5, 5.41) is 0. The summed E-state index contributed by atoms with van der Waals surface area (Å²) in [6.45, 7) is 9.55. The van der Waals surface area contributed by atoms with Gasteiger partial charge in [-0.1, -0.05) is 27.2 Å². The molecule has 0 bridgehead atoms. The fourth-order valence-electron chi connectivity index (χ4n) is 2.28. The lowest BCUT2D eigenvalue weighted by atomic mass is 9.70. The van der Waals surface area contributed by atoms with Crippen LogP contribution in [0.5, 0.6) is 0 Å². The van der Waals surface area contributed by atoms with Gasteiger partial charge in [0, 0.05) is 13.1 Å². The van der Waals surface area contributed by atoms with E-state index in [1.165, 1.54) is 32.4 Å². The summed E-state index contributed by atoms with van der Waals surface area (Å²) in [5.74, 6) is 0.804. The summed E-state index contributed by atoms with van der Waals surface area (Å²) < 4.78 is 0. The minimum absolute atomic E-state index is 0.656. The summed E-state index contributed by atoms with van der Waals surface area (Å²) in [5.41, 5.74) is 0.656. The van der Waals surface area contributed by atoms with Crippen molar-refractivity contribution < 1.29 is 0 Å². The molecule has 1 heteroatoms. The normalized spacial score (nSPS) is 21.5. The van der Waals surface area contributed by atoms with Crippen LogP contribution in [0.4, 0.5) is 0 Å². The van der Waals surface area contributed by atoms with Crippen LogP contribution in [0.1, 0.15) is 40.0 Å². The van der Waals surface area contributed by atoms with Gasteiger partial charge in [0.1, 0.15) is 0 Å². The van der Waals surface area contributed by atoms with Crippen LogP contribution in [0.2, 0.25) is 0 Å². The fraction of sp³-hybridized carbons (Fsp3) is 1.00. The van der Waals surface area contributed by atoms with Gasteiger partial charge in [0.05, 0.1) is 0 Å². The first kappa shape index (κ1) is 10.0. The highest BCUT2D eigenvalue weighted by molar-refractivity contribution is 4.85. The molecule has 0 heterocycles. The van der Waals surface area contributed by atoms with Crippen LogP contribution in [0, 0.1) is 11.3 Å². The third-order valence-electron chi connectivity index (χ3n) is 2.89. The van der Waals surface area contributed by atoms with Crippen molar-refractivity contribution in [3.05, 3.63) is 0 Å². The molecule has 0 amide bonds. The average molecular weight is 169 g/mol. The maximum Gasteiger partial charge on any atom is 0.00324 e. The number of hydrogen-bond acceptors (Lipinski definition) is 1. The van der Waals surface area contributed by atoms with Crippen LogP contribution in [0.3, 0.4) is 0 Å². The van der Waals surface area contributed by atoms with Crippen molar-refractivity contribution in [3.8, 4) is 0 Å². The molecule has 0 aromatic rings. The summed E-state index contributed by atoms with van der Waals surface area (Å²) in [7, 11) is 2.25. The van der Waals surface area contributed by atoms with Gasteiger partial charge in [-0.3, -0.25) is 0 Å². The van der Waals surface area contributed by atoms with Crippen molar-refractivity contribution in [3.63, 3.8) is 0 Å². The second-order valence-electron chi connectivity index (χ2n) is 5.25. The Bertz CT molecular complexity index is 136. The monoisotopic (exact) mass is 169 g/mol. The topological polar surface area (TPSA) is 3.24 Å². The Balaban J connectivity index is 2.20. The largest absolute Gasteiger partial charge is 0.306 e. The van der Waals surface area contributed by atoms with Crippen molar-refractivity contribution in [1.29, 1.82) is 0 Å². The van der Waals surface area contributed by atoms with E-state index in [1.54, 1.807) is 0 Å². The van der Waals surface area contributed by atoms with Crippen LogP contribution in [-0.4, -0.2) is 25.0 Å². The molecular formula is C11H23N. The fourth-order valence-corrected chi connectivity index (χ4v) is 2.28. The molecule has 1 fully saturated rings. The van der Waals surface area contributed by atoms with Gasteiger partial charge in [-0.15, -0.1) is 0 Å². The van der Waals surface area contributed by atoms with Crippen LogP contribution in [-0.2, 0) is 0 Å². The maximum atomic E-state index is 2.49. The van der Waals surface area contributed by atoms with Gasteiger partial charge in [0.25, 0.3) is 0 Å². The number of hydrogen-bond donors (Lipinski definition) is 0. The summed E-state index contributed by atoms with van der Waals surface area (Å²) in [4.78, 5) is 2.49. The summed E-state index contributed by atoms with van der Waals surface area (Å²) in [6, 6.07) is 0. The Morgan fingerprint density at radius 2 is 1.92 bits per heavy atom. The Hall–Kier alpha value is -0.0400. The van der Waals surface area contributed by atoms with E-state index < -0.39 is 0 Å². The molecule has 1 aliphatic carbocycles. The lowest BCUT2D eigenvalue weighted by molar-refractivity contribution is 0.0936. The van der Waals surface area contributed by atoms with Gasteiger partial charge < -0.3 is 4.90 Å². The van der Waals surface area contributed by atoms with Crippen LogP contribution in [0.15, 0.2) is 0 Å². The smallest absolute Gasteiger partial charge is 0.00324 e. The van der Waals surface area contributed by atoms with E-state index in [0.717, 1.165) is 5.92 Å². The molecule has 1 nitrogen and oxygen atoms in total. The van der Waals surface area contributed by atoms with Gasteiger partial charge in [0.15, 0.2) is 0 Å². The third-order valence-corrected chi connectivity index (χ3v) is 2.89. The maximum absolute atomic E-state index is 2.49. The molecule has 0 N–H and O–H groups in total. The second kappa shape index (κ2) is 3.78. The first-order chi connectivity index (χ1) is 5.52. The zero-order valence-corrected chi connectivity index (χ0v) is 9.06. The van der Waals surface area contributed by atoms with Crippen molar-refractivity contribution in [2.75, 3.05) is 20.1 Å². The van der Waals surface area contributed by atoms with E-state index in [9.17, 15) is 0 Å². The molecule has 1 rings (SSSR count). The Morgan fingerprint density at radius 1 is 1.33 bits per heavy atom. The average Bonchev–Trinajstić information content (AvgIpc) is 1.81. The molecular weight excluding hydrogens is 146 g/mol. The van der Waals surface area contributed by atoms with Gasteiger partial charge in [-0.25, -0.2) is 0 Å². The number of nitrogens with zero attached hydrogens (tertiary/aromatic N) is 1. The first-order valence-electron chi connectivity index (χ1n) is 5.20. The first-order valence-corrected chi connectivity index (χ1v) is 5.20. The minimum atomic E-state index is 0.656. The highest BCUT2D eigenvalue weighted by atomic mass is 15.1. The van der Waals surface area contributed by atoms with E-state index in [-0.39, 0.29) is 0 Å². The molecule has 0 aromatic heterocycles. The molecule has 0 saturated heterocycles. The highest BCUT2D eigenvalue weighted by Gasteiger charge is 2.32. The van der Waals surface area contributed by atoms with Crippen LogP contribution < -0.4 is 0 Å². The predicted octanol–water partition coefficient (Wildman–Crippen LogP) is 2.76. The Labute approximate surface area is 77.1 Å². The van der Waals surface area contributed by atoms with E-state index >= 15 is 0 Å². The SMILES string of the molecule is CC(C)CN(C)CC1(C)CCC1. The van der Waals surface area contributed by atoms with Crippen molar-refractivity contribution in [2.24, 2.45) is 11.3 Å². The van der Waals surface area contributed by atoms with E-state index in [4.69, 9.17) is 0 Å². The van der Waals surface area contributed by atoms with Crippen molar-refractivity contribution >= 4 is 0 Å². The lowest BCUT2D eigenvalue weighted by Gasteiger charge is -2.41. The van der Waals surface area contributed by atoms with Gasteiger partial charge in [0.2, 0.25) is 0 Å². The predicted molar refractivity (Wildman–Crippen MR) is 54.3 cm³/mol. The Morgan fingerprint density at radius 3 is 2.25 bits per heavy atom. The van der Waals surface area contributed by atoms with E-state index in [2.05, 4.69) is 32.7 Å². The standard InChI is InChI=1S/C11H23N/c1-10(2)8-12(4)9-11(3)6-5-7-11/h10H,5-9H2,1-4H3. The summed E-state index contributed by atoms with van der Waals surface area (Å²) in [6.07, 6.45) is 4.33. The molecule has 0 radical (unpaired) electrons. The van der Waals surface area contributed by atoms with Crippen molar-refractivity contribution in [1.82, 2.24) is 4.90 Å². The van der Waals surface area contributed by atoms with Crippen LogP contribution >= 0.6 is 0 Å². The summed E-state index contributed by atoms with van der Waals surface area (Å²) >= 11 is 0. The minimum Gasteiger partial charge on any atom is -0.306 e. The van der Waals surface area contributed by atoms with Crippen LogP contribution in [0.25, 0.3) is 0 Å². The zero-order chi connectivity index (χ0) is 9.19. The second-order valence-corrected chi connectivity index (χ2v) is 5.25. The molecule has 0 atom stereocenters. The van der Waals surface area contributed by atoms with Gasteiger partial charge in [-0.2, -0.15) is 0 Å². The molecule has 72 valence electrons. The molecule has 1 saturated carbocycles. The van der Waals surface area contributed by atoms with E-state index in [0.29, 0.717) is 5.41 Å². The van der Waals surface area contributed by atoms with Gasteiger partial charge in [-0.05, 0) is 31.2 Å². The highest BCUT2D eigenvalue weighted by Crippen LogP contribution is 2.40. The molecule has 12 heavy (non-hydrogen) atoms. The third kappa shape index (κ3) is 2.78. The van der Waals surface area contributed by atoms with Gasteiger partial charge >= 0.3 is 0 Å². The quantitative estimate of drug-likeness (QED) is 0.625. The van der Waals surface area contributed by atoms with E-state index in [1.807, 2.05) is 0 Å². The molecule has 0 aliphatic heterocycles. The lowest BCUT2D eigenvalue weighted by Crippen LogP contribution is -2.39. The zero-order valence-electron chi connectivity index (χ0n) is 9.06. The number of rotatable bonds is 4. The Kier molecular flexibility index (Phi) is 3.16. The molecule has 0 unspecified atom stereocenters. The van der Waals surface area contributed by atoms with Crippen molar-refractivity contribution in [2.45, 2.75) is 40.0 Å².